The number of hydrogen-bond acceptors (Lipinski definition) is 3. The number of anilines is 1. The fourth-order valence-electron chi connectivity index (χ4n) is 2.07. The van der Waals surface area contributed by atoms with E-state index in [-0.39, 0.29) is 18.5 Å². The van der Waals surface area contributed by atoms with Gasteiger partial charge in [-0.15, -0.1) is 0 Å². The molecule has 0 bridgehead atoms. The maximum atomic E-state index is 12.2. The van der Waals surface area contributed by atoms with Crippen LogP contribution in [-0.2, 0) is 4.79 Å². The fourth-order valence-corrected chi connectivity index (χ4v) is 2.07. The number of carboxylic acids is 1. The highest BCUT2D eigenvalue weighted by Gasteiger charge is 2.20. The molecule has 0 aromatic heterocycles. The Balaban J connectivity index is 2.78. The SMILES string of the molecule is CCCC(CC(=O)O)NC(=O)N(C)c1ccccc1OC. The van der Waals surface area contributed by atoms with E-state index >= 15 is 0 Å². The van der Waals surface area contributed by atoms with Gasteiger partial charge in [0, 0.05) is 13.1 Å². The monoisotopic (exact) mass is 294 g/mol. The molecule has 1 rings (SSSR count). The summed E-state index contributed by atoms with van der Waals surface area (Å²) >= 11 is 0. The van der Waals surface area contributed by atoms with Crippen molar-refractivity contribution in [3.63, 3.8) is 0 Å². The number of carbonyl (C=O) groups is 2. The maximum Gasteiger partial charge on any atom is 0.321 e. The molecular formula is C15H22N2O4. The molecule has 2 N–H and O–H groups in total. The van der Waals surface area contributed by atoms with Gasteiger partial charge >= 0.3 is 12.0 Å². The van der Waals surface area contributed by atoms with Crippen molar-refractivity contribution >= 4 is 17.7 Å². The fraction of sp³-hybridized carbons (Fsp3) is 0.467. The molecule has 1 unspecified atom stereocenters. The van der Waals surface area contributed by atoms with Gasteiger partial charge in [-0.3, -0.25) is 9.69 Å². The first-order valence-corrected chi connectivity index (χ1v) is 6.88. The van der Waals surface area contributed by atoms with E-state index in [9.17, 15) is 9.59 Å². The molecule has 0 aliphatic rings. The number of carbonyl (C=O) groups excluding carboxylic acids is 1. The molecule has 0 saturated carbocycles. The lowest BCUT2D eigenvalue weighted by Crippen LogP contribution is -2.44. The van der Waals surface area contributed by atoms with E-state index in [1.807, 2.05) is 19.1 Å². The van der Waals surface area contributed by atoms with Gasteiger partial charge in [-0.1, -0.05) is 25.5 Å². The number of nitrogens with zero attached hydrogens (tertiary/aromatic N) is 1. The third-order valence-electron chi connectivity index (χ3n) is 3.14. The van der Waals surface area contributed by atoms with E-state index in [1.54, 1.807) is 19.2 Å². The highest BCUT2D eigenvalue weighted by atomic mass is 16.5. The van der Waals surface area contributed by atoms with Gasteiger partial charge in [0.05, 0.1) is 19.2 Å². The Bertz CT molecular complexity index is 490. The molecule has 0 heterocycles. The van der Waals surface area contributed by atoms with Crippen LogP contribution in [0, 0.1) is 0 Å². The van der Waals surface area contributed by atoms with Crippen molar-refractivity contribution in [2.75, 3.05) is 19.1 Å². The summed E-state index contributed by atoms with van der Waals surface area (Å²) in [6.07, 6.45) is 1.34. The second-order valence-corrected chi connectivity index (χ2v) is 4.76. The van der Waals surface area contributed by atoms with Crippen LogP contribution in [0.4, 0.5) is 10.5 Å². The molecule has 2 amide bonds. The maximum absolute atomic E-state index is 12.2. The van der Waals surface area contributed by atoms with E-state index in [0.29, 0.717) is 17.9 Å². The summed E-state index contributed by atoms with van der Waals surface area (Å²) in [5, 5.41) is 11.6. The third kappa shape index (κ3) is 4.98. The van der Waals surface area contributed by atoms with Crippen LogP contribution >= 0.6 is 0 Å². The van der Waals surface area contributed by atoms with Crippen LogP contribution in [0.5, 0.6) is 5.75 Å². The van der Waals surface area contributed by atoms with E-state index in [2.05, 4.69) is 5.32 Å². The zero-order chi connectivity index (χ0) is 15.8. The van der Waals surface area contributed by atoms with E-state index in [0.717, 1.165) is 6.42 Å². The highest BCUT2D eigenvalue weighted by molar-refractivity contribution is 5.93. The molecule has 0 spiro atoms. The lowest BCUT2D eigenvalue weighted by molar-refractivity contribution is -0.137. The molecule has 1 aromatic carbocycles. The summed E-state index contributed by atoms with van der Waals surface area (Å²) in [6.45, 7) is 1.95. The summed E-state index contributed by atoms with van der Waals surface area (Å²) in [5.74, 6) is -0.339. The Labute approximate surface area is 124 Å². The minimum Gasteiger partial charge on any atom is -0.495 e. The first-order valence-electron chi connectivity index (χ1n) is 6.88. The second kappa shape index (κ2) is 8.14. The smallest absolute Gasteiger partial charge is 0.321 e. The van der Waals surface area contributed by atoms with Gasteiger partial charge in [0.2, 0.25) is 0 Å². The normalized spacial score (nSPS) is 11.6. The minimum atomic E-state index is -0.923. The Kier molecular flexibility index (Phi) is 6.52. The lowest BCUT2D eigenvalue weighted by atomic mass is 10.1. The molecule has 1 atom stereocenters. The van der Waals surface area contributed by atoms with Crippen molar-refractivity contribution < 1.29 is 19.4 Å². The predicted octanol–water partition coefficient (Wildman–Crippen LogP) is 2.48. The first-order chi connectivity index (χ1) is 9.99. The number of methoxy groups -OCH3 is 1. The number of amides is 2. The molecule has 21 heavy (non-hydrogen) atoms. The number of urea groups is 1. The lowest BCUT2D eigenvalue weighted by Gasteiger charge is -2.23. The first kappa shape index (κ1) is 16.8. The van der Waals surface area contributed by atoms with E-state index in [4.69, 9.17) is 9.84 Å². The number of rotatable bonds is 7. The predicted molar refractivity (Wildman–Crippen MR) is 80.9 cm³/mol. The van der Waals surface area contributed by atoms with Gasteiger partial charge in [0.15, 0.2) is 0 Å². The molecule has 0 radical (unpaired) electrons. The van der Waals surface area contributed by atoms with Crippen molar-refractivity contribution in [1.29, 1.82) is 0 Å². The topological polar surface area (TPSA) is 78.9 Å². The average Bonchev–Trinajstić information content (AvgIpc) is 2.45. The molecule has 0 aliphatic heterocycles. The molecule has 1 aromatic rings. The van der Waals surface area contributed by atoms with Crippen molar-refractivity contribution in [3.8, 4) is 5.75 Å². The second-order valence-electron chi connectivity index (χ2n) is 4.76. The summed E-state index contributed by atoms with van der Waals surface area (Å²) in [7, 11) is 3.16. The zero-order valence-electron chi connectivity index (χ0n) is 12.6. The molecule has 6 heteroatoms. The largest absolute Gasteiger partial charge is 0.495 e. The van der Waals surface area contributed by atoms with Crippen LogP contribution in [0.15, 0.2) is 24.3 Å². The number of nitrogens with one attached hydrogen (secondary N) is 1. The minimum absolute atomic E-state index is 0.0840. The Morgan fingerprint density at radius 2 is 2.05 bits per heavy atom. The van der Waals surface area contributed by atoms with Crippen molar-refractivity contribution in [2.45, 2.75) is 32.2 Å². The van der Waals surface area contributed by atoms with Gasteiger partial charge in [-0.25, -0.2) is 4.79 Å². The molecule has 116 valence electrons. The van der Waals surface area contributed by atoms with E-state index < -0.39 is 5.97 Å². The van der Waals surface area contributed by atoms with Crippen molar-refractivity contribution in [3.05, 3.63) is 24.3 Å². The number of hydrogen-bond donors (Lipinski definition) is 2. The van der Waals surface area contributed by atoms with Gasteiger partial charge in [0.1, 0.15) is 5.75 Å². The summed E-state index contributed by atoms with van der Waals surface area (Å²) in [4.78, 5) is 24.5. The van der Waals surface area contributed by atoms with Crippen LogP contribution in [0.2, 0.25) is 0 Å². The van der Waals surface area contributed by atoms with Crippen molar-refractivity contribution in [2.24, 2.45) is 0 Å². The number of carboxylic acid groups (broad SMARTS) is 1. The van der Waals surface area contributed by atoms with E-state index in [1.165, 1.54) is 12.0 Å². The summed E-state index contributed by atoms with van der Waals surface area (Å²) < 4.78 is 5.22. The molecule has 0 saturated heterocycles. The summed E-state index contributed by atoms with van der Waals surface area (Å²) in [5.41, 5.74) is 0.628. The Morgan fingerprint density at radius 3 is 2.62 bits per heavy atom. The molecular weight excluding hydrogens is 272 g/mol. The Hall–Kier alpha value is -2.24. The van der Waals surface area contributed by atoms with Gasteiger partial charge in [-0.05, 0) is 18.6 Å². The van der Waals surface area contributed by atoms with Crippen LogP contribution in [0.3, 0.4) is 0 Å². The number of ether oxygens (including phenoxy) is 1. The van der Waals surface area contributed by atoms with Gasteiger partial charge < -0.3 is 15.2 Å². The van der Waals surface area contributed by atoms with Crippen LogP contribution in [0.1, 0.15) is 26.2 Å². The van der Waals surface area contributed by atoms with Crippen molar-refractivity contribution in [1.82, 2.24) is 5.32 Å². The van der Waals surface area contributed by atoms with Crippen LogP contribution < -0.4 is 15.0 Å². The third-order valence-corrected chi connectivity index (χ3v) is 3.14. The zero-order valence-corrected chi connectivity index (χ0v) is 12.6. The molecule has 0 fully saturated rings. The number of aliphatic carboxylic acids is 1. The highest BCUT2D eigenvalue weighted by Crippen LogP contribution is 2.26. The van der Waals surface area contributed by atoms with Crippen LogP contribution in [-0.4, -0.2) is 37.3 Å². The van der Waals surface area contributed by atoms with Crippen LogP contribution in [0.25, 0.3) is 0 Å². The molecule has 0 aliphatic carbocycles. The number of benzene rings is 1. The average molecular weight is 294 g/mol. The van der Waals surface area contributed by atoms with Gasteiger partial charge in [-0.2, -0.15) is 0 Å². The summed E-state index contributed by atoms with van der Waals surface area (Å²) in [6, 6.07) is 6.43. The number of para-hydroxylation sites is 2. The molecule has 6 nitrogen and oxygen atoms in total. The Morgan fingerprint density at radius 1 is 1.38 bits per heavy atom. The standard InChI is InChI=1S/C15H22N2O4/c1-4-7-11(10-14(18)19)16-15(20)17(2)12-8-5-6-9-13(12)21-3/h5-6,8-9,11H,4,7,10H2,1-3H3,(H,16,20)(H,18,19). The van der Waals surface area contributed by atoms with Gasteiger partial charge in [0.25, 0.3) is 0 Å². The quantitative estimate of drug-likeness (QED) is 0.809.